The molecule has 0 aromatic carbocycles. The third kappa shape index (κ3) is 3.01. The van der Waals surface area contributed by atoms with Crippen LogP contribution in [-0.2, 0) is 0 Å². The molecule has 1 rings (SSSR count). The SMILES string of the molecule is CCC(CN)NC(=O)c1csc([N+](=O)[O-])c1. The predicted molar refractivity (Wildman–Crippen MR) is 61.6 cm³/mol. The zero-order chi connectivity index (χ0) is 12.1. The number of nitrogens with two attached hydrogens (primary N) is 1. The molecule has 1 amide bonds. The molecule has 0 aliphatic heterocycles. The van der Waals surface area contributed by atoms with Crippen molar-refractivity contribution in [2.24, 2.45) is 5.73 Å². The summed E-state index contributed by atoms with van der Waals surface area (Å²) in [6.07, 6.45) is 0.731. The Morgan fingerprint density at radius 3 is 2.88 bits per heavy atom. The Morgan fingerprint density at radius 1 is 1.75 bits per heavy atom. The van der Waals surface area contributed by atoms with E-state index in [1.807, 2.05) is 6.92 Å². The molecule has 0 aliphatic carbocycles. The molecule has 3 N–H and O–H groups in total. The van der Waals surface area contributed by atoms with E-state index in [1.165, 1.54) is 11.4 Å². The van der Waals surface area contributed by atoms with Crippen LogP contribution in [0.5, 0.6) is 0 Å². The van der Waals surface area contributed by atoms with Crippen LogP contribution in [0.4, 0.5) is 5.00 Å². The highest BCUT2D eigenvalue weighted by molar-refractivity contribution is 7.13. The molecule has 1 heterocycles. The minimum atomic E-state index is -0.512. The van der Waals surface area contributed by atoms with Gasteiger partial charge in [0.2, 0.25) is 0 Å². The molecule has 6 nitrogen and oxygen atoms in total. The molecule has 1 atom stereocenters. The summed E-state index contributed by atoms with van der Waals surface area (Å²) in [5, 5.41) is 14.6. The number of hydrogen-bond acceptors (Lipinski definition) is 5. The number of nitrogens with zero attached hydrogens (tertiary/aromatic N) is 1. The van der Waals surface area contributed by atoms with Crippen molar-refractivity contribution in [3.8, 4) is 0 Å². The first kappa shape index (κ1) is 12.6. The fourth-order valence-electron chi connectivity index (χ4n) is 1.14. The fourth-order valence-corrected chi connectivity index (χ4v) is 1.84. The Kier molecular flexibility index (Phi) is 4.39. The maximum atomic E-state index is 11.6. The molecule has 0 aliphatic rings. The summed E-state index contributed by atoms with van der Waals surface area (Å²) in [5.74, 6) is -0.318. The first-order chi connectivity index (χ1) is 7.58. The van der Waals surface area contributed by atoms with E-state index in [0.29, 0.717) is 12.1 Å². The van der Waals surface area contributed by atoms with Crippen LogP contribution in [0.15, 0.2) is 11.4 Å². The van der Waals surface area contributed by atoms with Gasteiger partial charge >= 0.3 is 5.00 Å². The number of hydrogen-bond donors (Lipinski definition) is 2. The summed E-state index contributed by atoms with van der Waals surface area (Å²) in [6.45, 7) is 2.27. The van der Waals surface area contributed by atoms with Gasteiger partial charge in [-0.05, 0) is 6.42 Å². The highest BCUT2D eigenvalue weighted by Crippen LogP contribution is 2.22. The van der Waals surface area contributed by atoms with Crippen molar-refractivity contribution in [3.63, 3.8) is 0 Å². The Balaban J connectivity index is 2.69. The standard InChI is InChI=1S/C9H13N3O3S/c1-2-7(4-10)11-9(13)6-3-8(12(14)15)16-5-6/h3,5,7H,2,4,10H2,1H3,(H,11,13). The van der Waals surface area contributed by atoms with E-state index < -0.39 is 4.92 Å². The molecule has 0 radical (unpaired) electrons. The van der Waals surface area contributed by atoms with Gasteiger partial charge in [0.25, 0.3) is 5.91 Å². The van der Waals surface area contributed by atoms with E-state index in [9.17, 15) is 14.9 Å². The normalized spacial score (nSPS) is 12.1. The van der Waals surface area contributed by atoms with Crippen molar-refractivity contribution >= 4 is 22.2 Å². The molecule has 0 fully saturated rings. The molecule has 0 spiro atoms. The number of nitro groups is 1. The molecule has 1 aromatic heterocycles. The van der Waals surface area contributed by atoms with Crippen molar-refractivity contribution in [2.45, 2.75) is 19.4 Å². The van der Waals surface area contributed by atoms with Crippen LogP contribution < -0.4 is 11.1 Å². The first-order valence-electron chi connectivity index (χ1n) is 4.82. The highest BCUT2D eigenvalue weighted by Gasteiger charge is 2.16. The lowest BCUT2D eigenvalue weighted by atomic mass is 10.2. The summed E-state index contributed by atoms with van der Waals surface area (Å²) in [5.41, 5.74) is 5.75. The smallest absolute Gasteiger partial charge is 0.324 e. The van der Waals surface area contributed by atoms with Gasteiger partial charge in [0.15, 0.2) is 0 Å². The van der Waals surface area contributed by atoms with Crippen LogP contribution in [0, 0.1) is 10.1 Å². The molecule has 0 saturated heterocycles. The maximum absolute atomic E-state index is 11.6. The monoisotopic (exact) mass is 243 g/mol. The number of nitrogens with one attached hydrogen (secondary N) is 1. The van der Waals surface area contributed by atoms with Gasteiger partial charge in [0.1, 0.15) is 0 Å². The largest absolute Gasteiger partial charge is 0.348 e. The van der Waals surface area contributed by atoms with Crippen LogP contribution in [-0.4, -0.2) is 23.4 Å². The second kappa shape index (κ2) is 5.57. The lowest BCUT2D eigenvalue weighted by Crippen LogP contribution is -2.39. The third-order valence-corrected chi connectivity index (χ3v) is 3.02. The minimum absolute atomic E-state index is 0.0362. The summed E-state index contributed by atoms with van der Waals surface area (Å²) < 4.78 is 0. The van der Waals surface area contributed by atoms with Gasteiger partial charge < -0.3 is 11.1 Å². The van der Waals surface area contributed by atoms with Crippen LogP contribution in [0.1, 0.15) is 23.7 Å². The highest BCUT2D eigenvalue weighted by atomic mass is 32.1. The third-order valence-electron chi connectivity index (χ3n) is 2.14. The van der Waals surface area contributed by atoms with Crippen molar-refractivity contribution in [3.05, 3.63) is 27.1 Å². The molecule has 16 heavy (non-hydrogen) atoms. The summed E-state index contributed by atoms with van der Waals surface area (Å²) >= 11 is 0.937. The van der Waals surface area contributed by atoms with Gasteiger partial charge in [0, 0.05) is 24.0 Å². The lowest BCUT2D eigenvalue weighted by molar-refractivity contribution is -0.380. The van der Waals surface area contributed by atoms with Gasteiger partial charge in [-0.2, -0.15) is 0 Å². The van der Waals surface area contributed by atoms with E-state index >= 15 is 0 Å². The van der Waals surface area contributed by atoms with E-state index in [0.717, 1.165) is 17.8 Å². The van der Waals surface area contributed by atoms with Gasteiger partial charge in [-0.1, -0.05) is 18.3 Å². The fraction of sp³-hybridized carbons (Fsp3) is 0.444. The molecule has 88 valence electrons. The van der Waals surface area contributed by atoms with E-state index in [-0.39, 0.29) is 17.0 Å². The van der Waals surface area contributed by atoms with Gasteiger partial charge in [-0.25, -0.2) is 0 Å². The zero-order valence-corrected chi connectivity index (χ0v) is 9.62. The number of amides is 1. The maximum Gasteiger partial charge on any atom is 0.324 e. The first-order valence-corrected chi connectivity index (χ1v) is 5.70. The average Bonchev–Trinajstić information content (AvgIpc) is 2.74. The molecule has 1 unspecified atom stereocenters. The van der Waals surface area contributed by atoms with Crippen molar-refractivity contribution in [1.29, 1.82) is 0 Å². The van der Waals surface area contributed by atoms with Crippen molar-refractivity contribution in [2.75, 3.05) is 6.54 Å². The Bertz CT molecular complexity index is 387. The second-order valence-corrected chi connectivity index (χ2v) is 4.13. The van der Waals surface area contributed by atoms with Crippen LogP contribution in [0.3, 0.4) is 0 Å². The summed E-state index contributed by atoms with van der Waals surface area (Å²) in [7, 11) is 0. The Hall–Kier alpha value is -1.47. The molecular weight excluding hydrogens is 230 g/mol. The van der Waals surface area contributed by atoms with Crippen LogP contribution in [0.2, 0.25) is 0 Å². The topological polar surface area (TPSA) is 98.3 Å². The lowest BCUT2D eigenvalue weighted by Gasteiger charge is -2.13. The van der Waals surface area contributed by atoms with E-state index in [2.05, 4.69) is 5.32 Å². The molecule has 1 aromatic rings. The minimum Gasteiger partial charge on any atom is -0.348 e. The molecule has 0 bridgehead atoms. The van der Waals surface area contributed by atoms with Crippen molar-refractivity contribution < 1.29 is 9.72 Å². The predicted octanol–water partition coefficient (Wildman–Crippen LogP) is 1.12. The number of rotatable bonds is 5. The molecular formula is C9H13N3O3S. The van der Waals surface area contributed by atoms with Crippen LogP contribution in [0.25, 0.3) is 0 Å². The number of thiophene rings is 1. The quantitative estimate of drug-likeness (QED) is 0.598. The molecule has 7 heteroatoms. The Morgan fingerprint density at radius 2 is 2.44 bits per heavy atom. The second-order valence-electron chi connectivity index (χ2n) is 3.25. The zero-order valence-electron chi connectivity index (χ0n) is 8.80. The van der Waals surface area contributed by atoms with Gasteiger partial charge in [-0.15, -0.1) is 0 Å². The average molecular weight is 243 g/mol. The summed E-state index contributed by atoms with van der Waals surface area (Å²) in [6, 6.07) is 1.18. The molecule has 0 saturated carbocycles. The number of carbonyl (C=O) groups excluding carboxylic acids is 1. The van der Waals surface area contributed by atoms with E-state index in [4.69, 9.17) is 5.73 Å². The summed E-state index contributed by atoms with van der Waals surface area (Å²) in [4.78, 5) is 21.5. The van der Waals surface area contributed by atoms with Gasteiger partial charge in [0.05, 0.1) is 10.5 Å². The van der Waals surface area contributed by atoms with Gasteiger partial charge in [-0.3, -0.25) is 14.9 Å². The Labute approximate surface area is 96.6 Å². The van der Waals surface area contributed by atoms with E-state index in [1.54, 1.807) is 0 Å². The van der Waals surface area contributed by atoms with Crippen LogP contribution >= 0.6 is 11.3 Å². The number of carbonyl (C=O) groups is 1. The van der Waals surface area contributed by atoms with Crippen molar-refractivity contribution in [1.82, 2.24) is 5.32 Å².